The van der Waals surface area contributed by atoms with Crippen molar-refractivity contribution >= 4 is 19.3 Å². The van der Waals surface area contributed by atoms with E-state index in [1.54, 1.807) is 0 Å². The molecule has 0 radical (unpaired) electrons. The predicted octanol–water partition coefficient (Wildman–Crippen LogP) is 1.42. The zero-order chi connectivity index (χ0) is 8.43. The minimum absolute atomic E-state index is 0. The number of hydrogen-bond donors (Lipinski definition) is 0. The fraction of sp³-hybridized carbons (Fsp3) is 0.889. The van der Waals surface area contributed by atoms with Crippen LogP contribution in [0.25, 0.3) is 0 Å². The Labute approximate surface area is 81.8 Å². The summed E-state index contributed by atoms with van der Waals surface area (Å²) >= 11 is 0. The second kappa shape index (κ2) is 4.87. The summed E-state index contributed by atoms with van der Waals surface area (Å²) in [6, 6.07) is 0.218. The molecule has 1 heterocycles. The molecule has 0 aromatic carbocycles. The van der Waals surface area contributed by atoms with Crippen molar-refractivity contribution in [2.45, 2.75) is 32.7 Å². The van der Waals surface area contributed by atoms with Crippen molar-refractivity contribution in [2.24, 2.45) is 5.92 Å². The van der Waals surface area contributed by atoms with Crippen LogP contribution in [0.4, 0.5) is 0 Å². The predicted molar refractivity (Wildman–Crippen MR) is 55.9 cm³/mol. The van der Waals surface area contributed by atoms with Gasteiger partial charge in [-0.15, -0.1) is 0 Å². The molecule has 0 aliphatic carbocycles. The Balaban J connectivity index is 0.00000121. The van der Waals surface area contributed by atoms with Crippen molar-refractivity contribution in [2.75, 3.05) is 13.6 Å². The number of hydrogen-bond acceptors (Lipinski definition) is 2. The zero-order valence-electron chi connectivity index (χ0n) is 8.13. The van der Waals surface area contributed by atoms with Crippen LogP contribution in [0.15, 0.2) is 0 Å². The van der Waals surface area contributed by atoms with Crippen molar-refractivity contribution in [1.29, 1.82) is 0 Å². The second-order valence-corrected chi connectivity index (χ2v) is 3.70. The van der Waals surface area contributed by atoms with Crippen molar-refractivity contribution < 1.29 is 4.79 Å². The summed E-state index contributed by atoms with van der Waals surface area (Å²) in [6.45, 7) is 5.05. The number of rotatable bonds is 2. The monoisotopic (exact) mass is 189 g/mol. The number of carbonyl (C=O) groups is 1. The molecule has 0 saturated carbocycles. The molecular weight excluding hydrogens is 170 g/mol. The molecule has 0 unspecified atom stereocenters. The van der Waals surface area contributed by atoms with E-state index in [0.29, 0.717) is 5.78 Å². The Morgan fingerprint density at radius 2 is 2.08 bits per heavy atom. The number of nitrogens with zero attached hydrogens (tertiary/aromatic N) is 1. The van der Waals surface area contributed by atoms with Gasteiger partial charge in [-0.2, -0.15) is 13.5 Å². The molecule has 3 heteroatoms. The molecule has 0 spiro atoms. The van der Waals surface area contributed by atoms with E-state index in [-0.39, 0.29) is 25.5 Å². The molecule has 0 amide bonds. The summed E-state index contributed by atoms with van der Waals surface area (Å²) in [4.78, 5) is 13.7. The highest BCUT2D eigenvalue weighted by atomic mass is 32.1. The van der Waals surface area contributed by atoms with Crippen LogP contribution in [0.2, 0.25) is 0 Å². The minimum Gasteiger partial charge on any atom is -0.298 e. The summed E-state index contributed by atoms with van der Waals surface area (Å²) in [7, 11) is 2.04. The SMILES string of the molecule is CC(C)C(=O)[C@@H]1CCCN1C.S. The molecule has 0 N–H and O–H groups in total. The number of likely N-dealkylation sites (N-methyl/N-ethyl adjacent to an activating group) is 1. The Morgan fingerprint density at radius 3 is 2.42 bits per heavy atom. The maximum Gasteiger partial charge on any atom is 0.152 e. The van der Waals surface area contributed by atoms with E-state index in [4.69, 9.17) is 0 Å². The average molecular weight is 189 g/mol. The second-order valence-electron chi connectivity index (χ2n) is 3.70. The maximum absolute atomic E-state index is 11.5. The van der Waals surface area contributed by atoms with E-state index < -0.39 is 0 Å². The first-order chi connectivity index (χ1) is 5.13. The molecule has 2 nitrogen and oxygen atoms in total. The van der Waals surface area contributed by atoms with Crippen LogP contribution in [0.5, 0.6) is 0 Å². The third-order valence-corrected chi connectivity index (χ3v) is 2.42. The van der Waals surface area contributed by atoms with Crippen LogP contribution in [0, 0.1) is 5.92 Å². The number of Topliss-reactive ketones (excluding diaryl/α,β-unsaturated/α-hetero) is 1. The van der Waals surface area contributed by atoms with Gasteiger partial charge in [-0.25, -0.2) is 0 Å². The number of likely N-dealkylation sites (tertiary alicyclic amines) is 1. The van der Waals surface area contributed by atoms with Gasteiger partial charge in [0.05, 0.1) is 6.04 Å². The van der Waals surface area contributed by atoms with Gasteiger partial charge in [-0.1, -0.05) is 13.8 Å². The van der Waals surface area contributed by atoms with Crippen LogP contribution in [-0.2, 0) is 4.79 Å². The van der Waals surface area contributed by atoms with E-state index in [9.17, 15) is 4.79 Å². The fourth-order valence-corrected chi connectivity index (χ4v) is 1.65. The highest BCUT2D eigenvalue weighted by Crippen LogP contribution is 2.18. The van der Waals surface area contributed by atoms with Crippen molar-refractivity contribution in [3.63, 3.8) is 0 Å². The van der Waals surface area contributed by atoms with E-state index in [1.807, 2.05) is 20.9 Å². The topological polar surface area (TPSA) is 20.3 Å². The van der Waals surface area contributed by atoms with Gasteiger partial charge in [0.2, 0.25) is 0 Å². The molecule has 1 aliphatic rings. The van der Waals surface area contributed by atoms with Gasteiger partial charge in [0.1, 0.15) is 0 Å². The van der Waals surface area contributed by atoms with E-state index in [1.165, 1.54) is 6.42 Å². The van der Waals surface area contributed by atoms with Crippen LogP contribution in [0.3, 0.4) is 0 Å². The smallest absolute Gasteiger partial charge is 0.152 e. The van der Waals surface area contributed by atoms with Gasteiger partial charge in [-0.3, -0.25) is 9.69 Å². The van der Waals surface area contributed by atoms with E-state index >= 15 is 0 Å². The molecule has 1 fully saturated rings. The normalized spacial score (nSPS) is 24.2. The first-order valence-corrected chi connectivity index (χ1v) is 4.37. The lowest BCUT2D eigenvalue weighted by molar-refractivity contribution is -0.125. The van der Waals surface area contributed by atoms with Crippen LogP contribution in [-0.4, -0.2) is 30.3 Å². The molecular formula is C9H19NOS. The Kier molecular flexibility index (Phi) is 4.87. The van der Waals surface area contributed by atoms with Gasteiger partial charge in [0, 0.05) is 5.92 Å². The van der Waals surface area contributed by atoms with Crippen molar-refractivity contribution in [3.05, 3.63) is 0 Å². The van der Waals surface area contributed by atoms with Crippen LogP contribution in [0.1, 0.15) is 26.7 Å². The molecule has 0 aromatic rings. The number of carbonyl (C=O) groups excluding carboxylic acids is 1. The zero-order valence-corrected chi connectivity index (χ0v) is 9.13. The average Bonchev–Trinajstić information content (AvgIpc) is 2.33. The maximum atomic E-state index is 11.5. The Bertz CT molecular complexity index is 159. The quantitative estimate of drug-likeness (QED) is 0.655. The molecule has 1 rings (SSSR count). The fourth-order valence-electron chi connectivity index (χ4n) is 1.65. The molecule has 0 aromatic heterocycles. The lowest BCUT2D eigenvalue weighted by Gasteiger charge is -2.19. The lowest BCUT2D eigenvalue weighted by Crippen LogP contribution is -2.35. The van der Waals surface area contributed by atoms with Crippen LogP contribution < -0.4 is 0 Å². The molecule has 1 atom stereocenters. The van der Waals surface area contributed by atoms with E-state index in [0.717, 1.165) is 13.0 Å². The van der Waals surface area contributed by atoms with Crippen molar-refractivity contribution in [3.8, 4) is 0 Å². The summed E-state index contributed by atoms with van der Waals surface area (Å²) in [6.07, 6.45) is 2.24. The third kappa shape index (κ3) is 2.49. The van der Waals surface area contributed by atoms with Gasteiger partial charge in [-0.05, 0) is 26.4 Å². The Hall–Kier alpha value is -0.0200. The standard InChI is InChI=1S/C9H17NO.H2S/c1-7(2)9(11)8-5-4-6-10(8)3;/h7-8H,4-6H2,1-3H3;1H2/t8-;/m0./s1. The molecule has 72 valence electrons. The molecule has 1 saturated heterocycles. The minimum atomic E-state index is 0. The van der Waals surface area contributed by atoms with Gasteiger partial charge in [0.15, 0.2) is 5.78 Å². The summed E-state index contributed by atoms with van der Waals surface area (Å²) in [5, 5.41) is 0. The van der Waals surface area contributed by atoms with E-state index in [2.05, 4.69) is 4.90 Å². The number of ketones is 1. The molecule has 1 aliphatic heterocycles. The van der Waals surface area contributed by atoms with Crippen molar-refractivity contribution in [1.82, 2.24) is 4.90 Å². The third-order valence-electron chi connectivity index (χ3n) is 2.42. The van der Waals surface area contributed by atoms with Gasteiger partial charge in [0.25, 0.3) is 0 Å². The van der Waals surface area contributed by atoms with Gasteiger partial charge < -0.3 is 0 Å². The van der Waals surface area contributed by atoms with Gasteiger partial charge >= 0.3 is 0 Å². The van der Waals surface area contributed by atoms with Crippen LogP contribution >= 0.6 is 13.5 Å². The summed E-state index contributed by atoms with van der Waals surface area (Å²) < 4.78 is 0. The highest BCUT2D eigenvalue weighted by Gasteiger charge is 2.28. The summed E-state index contributed by atoms with van der Waals surface area (Å²) in [5.74, 6) is 0.602. The molecule has 12 heavy (non-hydrogen) atoms. The lowest BCUT2D eigenvalue weighted by atomic mass is 10.0. The summed E-state index contributed by atoms with van der Waals surface area (Å²) in [5.41, 5.74) is 0. The molecule has 0 bridgehead atoms. The first-order valence-electron chi connectivity index (χ1n) is 4.37. The Morgan fingerprint density at radius 1 is 1.50 bits per heavy atom. The largest absolute Gasteiger partial charge is 0.298 e. The first kappa shape index (κ1) is 12.0. The highest BCUT2D eigenvalue weighted by molar-refractivity contribution is 7.59.